The molecule has 0 radical (unpaired) electrons. The lowest BCUT2D eigenvalue weighted by molar-refractivity contribution is -0.116. The fourth-order valence-corrected chi connectivity index (χ4v) is 3.20. The Morgan fingerprint density at radius 2 is 1.77 bits per heavy atom. The van der Waals surface area contributed by atoms with Crippen molar-refractivity contribution >= 4 is 22.5 Å². The van der Waals surface area contributed by atoms with Crippen LogP contribution in [0.1, 0.15) is 12.0 Å². The molecular weight excluding hydrogens is 378 g/mol. The molecule has 0 saturated heterocycles. The van der Waals surface area contributed by atoms with Gasteiger partial charge in [-0.25, -0.2) is 4.98 Å². The Morgan fingerprint density at radius 1 is 1.00 bits per heavy atom. The maximum atomic E-state index is 12.6. The van der Waals surface area contributed by atoms with Crippen molar-refractivity contribution in [1.29, 1.82) is 0 Å². The van der Waals surface area contributed by atoms with Gasteiger partial charge in [0.25, 0.3) is 5.56 Å². The van der Waals surface area contributed by atoms with E-state index in [0.29, 0.717) is 22.3 Å². The first kappa shape index (κ1) is 19.4. The molecule has 0 aliphatic carbocycles. The lowest BCUT2D eigenvalue weighted by atomic mass is 10.1. The predicted molar refractivity (Wildman–Crippen MR) is 117 cm³/mol. The van der Waals surface area contributed by atoms with Gasteiger partial charge in [-0.1, -0.05) is 36.4 Å². The summed E-state index contributed by atoms with van der Waals surface area (Å²) in [5.41, 5.74) is 2.13. The van der Waals surface area contributed by atoms with Gasteiger partial charge in [0.2, 0.25) is 5.91 Å². The van der Waals surface area contributed by atoms with Crippen LogP contribution in [0.5, 0.6) is 11.5 Å². The van der Waals surface area contributed by atoms with Crippen molar-refractivity contribution < 1.29 is 9.53 Å². The zero-order chi connectivity index (χ0) is 20.9. The Morgan fingerprint density at radius 3 is 2.60 bits per heavy atom. The molecule has 0 aliphatic heterocycles. The summed E-state index contributed by atoms with van der Waals surface area (Å²) in [6, 6.07) is 22.1. The molecule has 0 saturated carbocycles. The Balaban J connectivity index is 1.41. The average Bonchev–Trinajstić information content (AvgIpc) is 2.75. The highest BCUT2D eigenvalue weighted by Gasteiger charge is 2.09. The molecule has 0 fully saturated rings. The van der Waals surface area contributed by atoms with E-state index >= 15 is 0 Å². The number of amides is 1. The summed E-state index contributed by atoms with van der Waals surface area (Å²) in [6.07, 6.45) is 1.65. The number of benzene rings is 3. The average molecular weight is 399 g/mol. The molecule has 4 rings (SSSR count). The number of ether oxygens (including phenoxy) is 1. The zero-order valence-electron chi connectivity index (χ0n) is 16.5. The minimum Gasteiger partial charge on any atom is -0.457 e. The number of carbonyl (C=O) groups excluding carboxylic acids is 1. The van der Waals surface area contributed by atoms with E-state index in [1.807, 2.05) is 61.5 Å². The van der Waals surface area contributed by atoms with Crippen LogP contribution < -0.4 is 15.6 Å². The number of aromatic nitrogens is 2. The number of nitrogens with zero attached hydrogens (tertiary/aromatic N) is 2. The Labute approximate surface area is 173 Å². The van der Waals surface area contributed by atoms with Crippen LogP contribution in [0.4, 0.5) is 5.69 Å². The molecule has 6 heteroatoms. The van der Waals surface area contributed by atoms with Crippen LogP contribution in [0.2, 0.25) is 0 Å². The van der Waals surface area contributed by atoms with Crippen molar-refractivity contribution in [2.75, 3.05) is 5.32 Å². The van der Waals surface area contributed by atoms with Crippen molar-refractivity contribution in [1.82, 2.24) is 9.55 Å². The molecule has 1 N–H and O–H groups in total. The fraction of sp³-hybridized carbons (Fsp3) is 0.125. The maximum Gasteiger partial charge on any atom is 0.261 e. The van der Waals surface area contributed by atoms with Crippen LogP contribution in [0, 0.1) is 6.92 Å². The largest absolute Gasteiger partial charge is 0.457 e. The van der Waals surface area contributed by atoms with Gasteiger partial charge >= 0.3 is 0 Å². The number of hydrogen-bond donors (Lipinski definition) is 1. The Kier molecular flexibility index (Phi) is 5.57. The fourth-order valence-electron chi connectivity index (χ4n) is 3.20. The van der Waals surface area contributed by atoms with Gasteiger partial charge in [-0.05, 0) is 42.8 Å². The van der Waals surface area contributed by atoms with E-state index in [1.165, 1.54) is 10.9 Å². The SMILES string of the molecule is Cc1cccc2c(=O)n(CCC(=O)Nc3cccc(Oc4ccccc4)c3)cnc12. The molecule has 3 aromatic carbocycles. The van der Waals surface area contributed by atoms with Crippen LogP contribution in [0.3, 0.4) is 0 Å². The molecule has 0 atom stereocenters. The highest BCUT2D eigenvalue weighted by molar-refractivity contribution is 5.90. The van der Waals surface area contributed by atoms with E-state index in [9.17, 15) is 9.59 Å². The number of hydrogen-bond acceptors (Lipinski definition) is 4. The van der Waals surface area contributed by atoms with Gasteiger partial charge in [-0.3, -0.25) is 14.2 Å². The van der Waals surface area contributed by atoms with Crippen LogP contribution in [-0.2, 0) is 11.3 Å². The molecule has 4 aromatic rings. The quantitative estimate of drug-likeness (QED) is 0.517. The number of fused-ring (bicyclic) bond motifs is 1. The summed E-state index contributed by atoms with van der Waals surface area (Å²) in [7, 11) is 0. The normalized spacial score (nSPS) is 10.7. The Hall–Kier alpha value is -3.93. The molecule has 30 heavy (non-hydrogen) atoms. The summed E-state index contributed by atoms with van der Waals surface area (Å²) in [5, 5.41) is 3.41. The highest BCUT2D eigenvalue weighted by atomic mass is 16.5. The molecule has 0 bridgehead atoms. The highest BCUT2D eigenvalue weighted by Crippen LogP contribution is 2.23. The van der Waals surface area contributed by atoms with Gasteiger partial charge in [0, 0.05) is 24.7 Å². The van der Waals surface area contributed by atoms with E-state index in [4.69, 9.17) is 4.74 Å². The summed E-state index contributed by atoms with van der Waals surface area (Å²) in [6.45, 7) is 2.17. The van der Waals surface area contributed by atoms with Gasteiger partial charge in [0.15, 0.2) is 0 Å². The number of nitrogens with one attached hydrogen (secondary N) is 1. The van der Waals surface area contributed by atoms with Crippen LogP contribution >= 0.6 is 0 Å². The second kappa shape index (κ2) is 8.61. The summed E-state index contributed by atoms with van der Waals surface area (Å²) in [4.78, 5) is 29.4. The van der Waals surface area contributed by atoms with E-state index in [-0.39, 0.29) is 24.4 Å². The molecular formula is C24H21N3O3. The molecule has 1 amide bonds. The molecule has 6 nitrogen and oxygen atoms in total. The monoisotopic (exact) mass is 399 g/mol. The molecule has 1 heterocycles. The standard InChI is InChI=1S/C24H21N3O3/c1-17-7-5-12-21-23(17)25-16-27(24(21)29)14-13-22(28)26-18-8-6-11-20(15-18)30-19-9-3-2-4-10-19/h2-12,15-16H,13-14H2,1H3,(H,26,28). The van der Waals surface area contributed by atoms with E-state index in [1.54, 1.807) is 18.2 Å². The van der Waals surface area contributed by atoms with Crippen molar-refractivity contribution in [3.8, 4) is 11.5 Å². The van der Waals surface area contributed by atoms with Crippen molar-refractivity contribution in [2.45, 2.75) is 19.9 Å². The van der Waals surface area contributed by atoms with Crippen molar-refractivity contribution in [3.05, 3.63) is 95.0 Å². The first-order chi connectivity index (χ1) is 14.6. The lowest BCUT2D eigenvalue weighted by Gasteiger charge is -2.10. The third kappa shape index (κ3) is 4.38. The molecule has 150 valence electrons. The zero-order valence-corrected chi connectivity index (χ0v) is 16.5. The summed E-state index contributed by atoms with van der Waals surface area (Å²) >= 11 is 0. The summed E-state index contributed by atoms with van der Waals surface area (Å²) < 4.78 is 7.26. The Bertz CT molecular complexity index is 1250. The minimum atomic E-state index is -0.192. The topological polar surface area (TPSA) is 73.2 Å². The van der Waals surface area contributed by atoms with Crippen LogP contribution in [-0.4, -0.2) is 15.5 Å². The van der Waals surface area contributed by atoms with Gasteiger partial charge in [-0.2, -0.15) is 0 Å². The molecule has 0 unspecified atom stereocenters. The summed E-state index contributed by atoms with van der Waals surface area (Å²) in [5.74, 6) is 1.16. The molecule has 0 aliphatic rings. The number of aryl methyl sites for hydroxylation is 2. The maximum absolute atomic E-state index is 12.6. The van der Waals surface area contributed by atoms with Gasteiger partial charge in [0.05, 0.1) is 17.2 Å². The first-order valence-electron chi connectivity index (χ1n) is 9.68. The molecule has 1 aromatic heterocycles. The second-order valence-corrected chi connectivity index (χ2v) is 6.96. The molecule has 0 spiro atoms. The predicted octanol–water partition coefficient (Wildman–Crippen LogP) is 4.53. The van der Waals surface area contributed by atoms with E-state index in [0.717, 1.165) is 11.3 Å². The van der Waals surface area contributed by atoms with Gasteiger partial charge < -0.3 is 10.1 Å². The third-order valence-electron chi connectivity index (χ3n) is 4.73. The van der Waals surface area contributed by atoms with Crippen LogP contribution in [0.25, 0.3) is 10.9 Å². The third-order valence-corrected chi connectivity index (χ3v) is 4.73. The van der Waals surface area contributed by atoms with Crippen LogP contribution in [0.15, 0.2) is 83.9 Å². The van der Waals surface area contributed by atoms with E-state index < -0.39 is 0 Å². The second-order valence-electron chi connectivity index (χ2n) is 6.96. The lowest BCUT2D eigenvalue weighted by Crippen LogP contribution is -2.23. The van der Waals surface area contributed by atoms with Gasteiger partial charge in [0.1, 0.15) is 11.5 Å². The van der Waals surface area contributed by atoms with E-state index in [2.05, 4.69) is 10.3 Å². The smallest absolute Gasteiger partial charge is 0.261 e. The van der Waals surface area contributed by atoms with Crippen molar-refractivity contribution in [3.63, 3.8) is 0 Å². The van der Waals surface area contributed by atoms with Crippen molar-refractivity contribution in [2.24, 2.45) is 0 Å². The first-order valence-corrected chi connectivity index (χ1v) is 9.68. The number of carbonyl (C=O) groups is 1. The number of rotatable bonds is 6. The minimum absolute atomic E-state index is 0.144. The number of para-hydroxylation sites is 2. The van der Waals surface area contributed by atoms with Gasteiger partial charge in [-0.15, -0.1) is 0 Å². The number of anilines is 1.